The van der Waals surface area contributed by atoms with Crippen LogP contribution >= 0.6 is 0 Å². The highest BCUT2D eigenvalue weighted by molar-refractivity contribution is 6.36. The summed E-state index contributed by atoms with van der Waals surface area (Å²) >= 11 is 0. The van der Waals surface area contributed by atoms with E-state index in [-0.39, 0.29) is 6.61 Å². The molecular weight excluding hydrogens is 135 g/mol. The topological polar surface area (TPSA) is 47.9 Å². The first kappa shape index (κ1) is 12.6. The predicted molar refractivity (Wildman–Crippen MR) is 39.5 cm³/mol. The van der Waals surface area contributed by atoms with E-state index in [0.29, 0.717) is 0 Å². The van der Waals surface area contributed by atoms with Gasteiger partial charge < -0.3 is 19.1 Å². The Balaban J connectivity index is 0. The Morgan fingerprint density at radius 3 is 1.30 bits per heavy atom. The lowest BCUT2D eigenvalue weighted by Gasteiger charge is -2.01. The monoisotopic (exact) mass is 150 g/mol. The summed E-state index contributed by atoms with van der Waals surface area (Å²) in [5.74, 6) is 0. The molecule has 1 N–H and O–H groups in total. The van der Waals surface area contributed by atoms with Crippen LogP contribution in [0.1, 0.15) is 6.92 Å². The zero-order valence-corrected chi connectivity index (χ0v) is 6.96. The van der Waals surface area contributed by atoms with E-state index in [0.717, 1.165) is 0 Å². The van der Waals surface area contributed by atoms with Gasteiger partial charge in [0.05, 0.1) is 0 Å². The Kier molecular flexibility index (Phi) is 14.7. The molecule has 5 heteroatoms. The van der Waals surface area contributed by atoms with Crippen LogP contribution in [-0.4, -0.2) is 40.4 Å². The highest BCUT2D eigenvalue weighted by Gasteiger charge is 2.12. The molecule has 0 radical (unpaired) electrons. The van der Waals surface area contributed by atoms with Crippen LogP contribution in [0.4, 0.5) is 0 Å². The van der Waals surface area contributed by atoms with E-state index in [1.54, 1.807) is 6.92 Å². The second-order valence-corrected chi connectivity index (χ2v) is 1.31. The summed E-state index contributed by atoms with van der Waals surface area (Å²) in [6.07, 6.45) is 0. The number of hydrogen-bond acceptors (Lipinski definition) is 4. The molecule has 0 rings (SSSR count). The Morgan fingerprint density at radius 2 is 1.30 bits per heavy atom. The molecule has 0 spiro atoms. The van der Waals surface area contributed by atoms with Crippen LogP contribution in [0.2, 0.25) is 0 Å². The maximum Gasteiger partial charge on any atom is 0.638 e. The van der Waals surface area contributed by atoms with E-state index in [1.165, 1.54) is 21.3 Å². The van der Waals surface area contributed by atoms with Crippen LogP contribution in [0.5, 0.6) is 0 Å². The standard InChI is InChI=1S/C3H9BO3.C2H6O/c1-5-4(6-2)7-3;1-2-3/h1-3H3;3H,2H2,1H3. The lowest BCUT2D eigenvalue weighted by atomic mass is 10.2. The smallest absolute Gasteiger partial charge is 0.397 e. The van der Waals surface area contributed by atoms with Crippen LogP contribution in [0.15, 0.2) is 0 Å². The van der Waals surface area contributed by atoms with Crippen molar-refractivity contribution in [2.75, 3.05) is 27.9 Å². The molecule has 0 heterocycles. The SMILES string of the molecule is CCO.COB(OC)OC. The minimum Gasteiger partial charge on any atom is -0.397 e. The highest BCUT2D eigenvalue weighted by atomic mass is 16.7. The summed E-state index contributed by atoms with van der Waals surface area (Å²) in [7, 11) is 4.02. The number of aliphatic hydroxyl groups is 1. The summed E-state index contributed by atoms with van der Waals surface area (Å²) in [6, 6.07) is 0. The molecule has 0 aromatic heterocycles. The first-order valence-corrected chi connectivity index (χ1v) is 2.96. The highest BCUT2D eigenvalue weighted by Crippen LogP contribution is 1.81. The largest absolute Gasteiger partial charge is 0.638 e. The van der Waals surface area contributed by atoms with Gasteiger partial charge in [0.2, 0.25) is 0 Å². The van der Waals surface area contributed by atoms with E-state index in [2.05, 4.69) is 14.0 Å². The maximum absolute atomic E-state index is 7.57. The number of aliphatic hydroxyl groups excluding tert-OH is 1. The van der Waals surface area contributed by atoms with E-state index in [1.807, 2.05) is 0 Å². The van der Waals surface area contributed by atoms with Crippen molar-refractivity contribution in [1.29, 1.82) is 0 Å². The fraction of sp³-hybridized carbons (Fsp3) is 1.00. The van der Waals surface area contributed by atoms with Gasteiger partial charge in [0.1, 0.15) is 0 Å². The van der Waals surface area contributed by atoms with E-state index >= 15 is 0 Å². The fourth-order valence-electron chi connectivity index (χ4n) is 0.289. The Bertz CT molecular complexity index is 43.4. The van der Waals surface area contributed by atoms with Crippen LogP contribution in [0.3, 0.4) is 0 Å². The van der Waals surface area contributed by atoms with Crippen LogP contribution in [0.25, 0.3) is 0 Å². The van der Waals surface area contributed by atoms with Gasteiger partial charge in [0.15, 0.2) is 0 Å². The van der Waals surface area contributed by atoms with E-state index < -0.39 is 7.32 Å². The third-order valence-corrected chi connectivity index (χ3v) is 0.577. The summed E-state index contributed by atoms with van der Waals surface area (Å²) in [5.41, 5.74) is 0. The minimum absolute atomic E-state index is 0.250. The Morgan fingerprint density at radius 1 is 1.10 bits per heavy atom. The van der Waals surface area contributed by atoms with Crippen molar-refractivity contribution in [3.05, 3.63) is 0 Å². The first-order valence-electron chi connectivity index (χ1n) is 2.96. The quantitative estimate of drug-likeness (QED) is 0.571. The lowest BCUT2D eigenvalue weighted by Crippen LogP contribution is -2.21. The van der Waals surface area contributed by atoms with E-state index in [9.17, 15) is 0 Å². The van der Waals surface area contributed by atoms with Crippen molar-refractivity contribution in [1.82, 2.24) is 0 Å². The first-order chi connectivity index (χ1) is 4.76. The Hall–Kier alpha value is -0.0951. The summed E-state index contributed by atoms with van der Waals surface area (Å²) in [6.45, 7) is 1.93. The molecule has 0 aromatic rings. The molecule has 0 saturated heterocycles. The van der Waals surface area contributed by atoms with Crippen molar-refractivity contribution in [2.45, 2.75) is 6.92 Å². The van der Waals surface area contributed by atoms with Gasteiger partial charge in [-0.1, -0.05) is 0 Å². The Labute approximate surface area is 62.3 Å². The van der Waals surface area contributed by atoms with Gasteiger partial charge in [0, 0.05) is 27.9 Å². The molecule has 0 aromatic carbocycles. The molecular formula is C5H15BO4. The fourth-order valence-corrected chi connectivity index (χ4v) is 0.289. The summed E-state index contributed by atoms with van der Waals surface area (Å²) in [5, 5.41) is 7.57. The van der Waals surface area contributed by atoms with Gasteiger partial charge in [-0.2, -0.15) is 0 Å². The van der Waals surface area contributed by atoms with Crippen molar-refractivity contribution < 1.29 is 19.1 Å². The van der Waals surface area contributed by atoms with Gasteiger partial charge in [-0.05, 0) is 6.92 Å². The van der Waals surface area contributed by atoms with Gasteiger partial charge in [-0.15, -0.1) is 0 Å². The second kappa shape index (κ2) is 11.7. The molecule has 62 valence electrons. The molecule has 0 amide bonds. The molecule has 0 fully saturated rings. The molecule has 0 aliphatic rings. The molecule has 0 atom stereocenters. The van der Waals surface area contributed by atoms with Crippen molar-refractivity contribution in [2.24, 2.45) is 0 Å². The zero-order valence-electron chi connectivity index (χ0n) is 6.96. The summed E-state index contributed by atoms with van der Waals surface area (Å²) < 4.78 is 13.8. The molecule has 0 unspecified atom stereocenters. The molecule has 10 heavy (non-hydrogen) atoms. The number of rotatable bonds is 3. The van der Waals surface area contributed by atoms with Crippen LogP contribution < -0.4 is 0 Å². The van der Waals surface area contributed by atoms with Gasteiger partial charge in [0.25, 0.3) is 0 Å². The predicted octanol–water partition coefficient (Wildman–Crippen LogP) is -0.0909. The van der Waals surface area contributed by atoms with Crippen LogP contribution in [0, 0.1) is 0 Å². The molecule has 0 bridgehead atoms. The van der Waals surface area contributed by atoms with Crippen LogP contribution in [-0.2, 0) is 14.0 Å². The molecule has 0 aliphatic heterocycles. The third-order valence-electron chi connectivity index (χ3n) is 0.577. The van der Waals surface area contributed by atoms with E-state index in [4.69, 9.17) is 5.11 Å². The lowest BCUT2D eigenvalue weighted by molar-refractivity contribution is 0.163. The third kappa shape index (κ3) is 10.8. The zero-order chi connectivity index (χ0) is 8.41. The average molecular weight is 150 g/mol. The number of hydrogen-bond donors (Lipinski definition) is 1. The normalized spacial score (nSPS) is 8.10. The van der Waals surface area contributed by atoms with Crippen molar-refractivity contribution in [3.8, 4) is 0 Å². The minimum atomic E-state index is -0.514. The van der Waals surface area contributed by atoms with Gasteiger partial charge >= 0.3 is 7.32 Å². The van der Waals surface area contributed by atoms with Crippen molar-refractivity contribution >= 4 is 7.32 Å². The average Bonchev–Trinajstić information content (AvgIpc) is 1.93. The second-order valence-electron chi connectivity index (χ2n) is 1.31. The summed E-state index contributed by atoms with van der Waals surface area (Å²) in [4.78, 5) is 0. The molecule has 4 nitrogen and oxygen atoms in total. The van der Waals surface area contributed by atoms with Gasteiger partial charge in [-0.3, -0.25) is 0 Å². The van der Waals surface area contributed by atoms with Gasteiger partial charge in [-0.25, -0.2) is 0 Å². The van der Waals surface area contributed by atoms with Crippen molar-refractivity contribution in [3.63, 3.8) is 0 Å². The maximum atomic E-state index is 7.57. The molecule has 0 aliphatic carbocycles. The molecule has 0 saturated carbocycles.